The summed E-state index contributed by atoms with van der Waals surface area (Å²) in [5.74, 6) is 0.864. The van der Waals surface area contributed by atoms with Crippen LogP contribution in [0.4, 0.5) is 0 Å². The maximum absolute atomic E-state index is 4.48. The molecule has 0 aliphatic heterocycles. The average Bonchev–Trinajstić information content (AvgIpc) is 3.00. The molecule has 2 aromatic heterocycles. The van der Waals surface area contributed by atoms with Gasteiger partial charge in [0.15, 0.2) is 5.96 Å². The minimum absolute atomic E-state index is 0.754. The van der Waals surface area contributed by atoms with Crippen molar-refractivity contribution in [2.45, 2.75) is 26.9 Å². The molecule has 0 saturated heterocycles. The molecule has 0 aliphatic rings. The molecule has 0 atom stereocenters. The lowest BCUT2D eigenvalue weighted by atomic mass is 10.4. The molecule has 0 radical (unpaired) electrons. The van der Waals surface area contributed by atoms with E-state index in [2.05, 4.69) is 30.6 Å². The lowest BCUT2D eigenvalue weighted by molar-refractivity contribution is 0.471. The minimum Gasteiger partial charge on any atom is -0.351 e. The third-order valence-corrected chi connectivity index (χ3v) is 4.65. The molecule has 0 aromatic carbocycles. The lowest BCUT2D eigenvalue weighted by Gasteiger charge is -2.21. The Bertz CT molecular complexity index is 587. The molecule has 7 heteroatoms. The number of nitrogens with zero attached hydrogens (tertiary/aromatic N) is 4. The molecule has 0 amide bonds. The van der Waals surface area contributed by atoms with E-state index in [9.17, 15) is 0 Å². The third kappa shape index (κ3) is 3.77. The second-order valence-corrected chi connectivity index (χ2v) is 6.48. The van der Waals surface area contributed by atoms with Gasteiger partial charge in [0.05, 0.1) is 35.0 Å². The van der Waals surface area contributed by atoms with Crippen molar-refractivity contribution in [2.75, 3.05) is 14.1 Å². The number of rotatable bonds is 4. The Labute approximate surface area is 127 Å². The topological polar surface area (TPSA) is 53.4 Å². The van der Waals surface area contributed by atoms with Gasteiger partial charge in [-0.15, -0.1) is 22.7 Å². The van der Waals surface area contributed by atoms with Gasteiger partial charge in [-0.3, -0.25) is 4.99 Å². The van der Waals surface area contributed by atoms with Crippen molar-refractivity contribution >= 4 is 28.6 Å². The number of nitrogens with one attached hydrogen (secondary N) is 1. The zero-order valence-corrected chi connectivity index (χ0v) is 13.8. The van der Waals surface area contributed by atoms with Crippen LogP contribution in [0.2, 0.25) is 0 Å². The van der Waals surface area contributed by atoms with Crippen LogP contribution in [-0.2, 0) is 13.1 Å². The van der Waals surface area contributed by atoms with Crippen LogP contribution in [0.25, 0.3) is 0 Å². The first kappa shape index (κ1) is 14.9. The standard InChI is InChI=1S/C13H19N5S2/c1-9-12(20-8-16-9)5-15-13(14-3)18(4)6-11-7-19-10(2)17-11/h7-8H,5-6H2,1-4H3,(H,14,15). The highest BCUT2D eigenvalue weighted by Gasteiger charge is 2.09. The highest BCUT2D eigenvalue weighted by atomic mass is 32.1. The number of hydrogen-bond acceptors (Lipinski definition) is 5. The first-order chi connectivity index (χ1) is 9.60. The van der Waals surface area contributed by atoms with E-state index in [0.29, 0.717) is 0 Å². The smallest absolute Gasteiger partial charge is 0.194 e. The van der Waals surface area contributed by atoms with Gasteiger partial charge in [-0.05, 0) is 13.8 Å². The van der Waals surface area contributed by atoms with E-state index in [1.54, 1.807) is 29.7 Å². The Balaban J connectivity index is 1.93. The monoisotopic (exact) mass is 309 g/mol. The minimum atomic E-state index is 0.754. The molecule has 2 heterocycles. The molecule has 0 spiro atoms. The van der Waals surface area contributed by atoms with Crippen molar-refractivity contribution in [3.8, 4) is 0 Å². The summed E-state index contributed by atoms with van der Waals surface area (Å²) in [6.07, 6.45) is 0. The van der Waals surface area contributed by atoms with Gasteiger partial charge >= 0.3 is 0 Å². The van der Waals surface area contributed by atoms with Crippen molar-refractivity contribution in [2.24, 2.45) is 4.99 Å². The van der Waals surface area contributed by atoms with E-state index in [1.807, 2.05) is 26.4 Å². The normalized spacial score (nSPS) is 11.7. The third-order valence-electron chi connectivity index (χ3n) is 2.89. The number of aryl methyl sites for hydroxylation is 2. The van der Waals surface area contributed by atoms with Gasteiger partial charge in [-0.2, -0.15) is 0 Å². The molecule has 108 valence electrons. The summed E-state index contributed by atoms with van der Waals surface area (Å²) in [5.41, 5.74) is 4.03. The molecule has 1 N–H and O–H groups in total. The quantitative estimate of drug-likeness (QED) is 0.696. The molecular formula is C13H19N5S2. The molecule has 0 unspecified atom stereocenters. The van der Waals surface area contributed by atoms with E-state index in [-0.39, 0.29) is 0 Å². The fraction of sp³-hybridized carbons (Fsp3) is 0.462. The van der Waals surface area contributed by atoms with Crippen LogP contribution in [0.3, 0.4) is 0 Å². The van der Waals surface area contributed by atoms with Crippen LogP contribution < -0.4 is 5.32 Å². The summed E-state index contributed by atoms with van der Waals surface area (Å²) in [7, 11) is 3.81. The predicted molar refractivity (Wildman–Crippen MR) is 85.4 cm³/mol. The number of aromatic nitrogens is 2. The first-order valence-corrected chi connectivity index (χ1v) is 8.08. The second kappa shape index (κ2) is 6.81. The largest absolute Gasteiger partial charge is 0.351 e. The SMILES string of the molecule is CN=C(NCc1scnc1C)N(C)Cc1csc(C)n1. The zero-order valence-electron chi connectivity index (χ0n) is 12.2. The van der Waals surface area contributed by atoms with E-state index < -0.39 is 0 Å². The summed E-state index contributed by atoms with van der Waals surface area (Å²) >= 11 is 3.34. The van der Waals surface area contributed by atoms with Crippen LogP contribution in [0.1, 0.15) is 21.3 Å². The van der Waals surface area contributed by atoms with Crippen LogP contribution in [-0.4, -0.2) is 34.9 Å². The van der Waals surface area contributed by atoms with E-state index in [1.165, 1.54) is 4.88 Å². The van der Waals surface area contributed by atoms with Gasteiger partial charge in [0.2, 0.25) is 0 Å². The molecule has 0 saturated carbocycles. The highest BCUT2D eigenvalue weighted by Crippen LogP contribution is 2.12. The van der Waals surface area contributed by atoms with Crippen molar-refractivity contribution in [3.63, 3.8) is 0 Å². The molecular weight excluding hydrogens is 290 g/mol. The van der Waals surface area contributed by atoms with E-state index in [0.717, 1.165) is 35.4 Å². The number of thiazole rings is 2. The summed E-state index contributed by atoms with van der Waals surface area (Å²) in [5, 5.41) is 6.55. The molecule has 5 nitrogen and oxygen atoms in total. The van der Waals surface area contributed by atoms with Gasteiger partial charge in [-0.25, -0.2) is 9.97 Å². The van der Waals surface area contributed by atoms with Crippen molar-refractivity contribution in [1.29, 1.82) is 0 Å². The van der Waals surface area contributed by atoms with Crippen molar-refractivity contribution in [3.05, 3.63) is 32.2 Å². The Morgan fingerprint density at radius 2 is 2.20 bits per heavy atom. The Hall–Kier alpha value is -1.47. The van der Waals surface area contributed by atoms with Gasteiger partial charge in [0.1, 0.15) is 0 Å². The molecule has 0 bridgehead atoms. The van der Waals surface area contributed by atoms with Crippen molar-refractivity contribution < 1.29 is 0 Å². The Kier molecular flexibility index (Phi) is 5.08. The van der Waals surface area contributed by atoms with Gasteiger partial charge < -0.3 is 10.2 Å². The molecule has 20 heavy (non-hydrogen) atoms. The van der Waals surface area contributed by atoms with Gasteiger partial charge in [0, 0.05) is 24.4 Å². The van der Waals surface area contributed by atoms with Gasteiger partial charge in [0.25, 0.3) is 0 Å². The molecule has 0 fully saturated rings. The number of aliphatic imine (C=N–C) groups is 1. The maximum atomic E-state index is 4.48. The summed E-state index contributed by atoms with van der Waals surface area (Å²) in [6.45, 7) is 5.56. The zero-order chi connectivity index (χ0) is 14.5. The first-order valence-electron chi connectivity index (χ1n) is 6.32. The van der Waals surface area contributed by atoms with Crippen LogP contribution in [0, 0.1) is 13.8 Å². The summed E-state index contributed by atoms with van der Waals surface area (Å²) in [4.78, 5) is 16.4. The van der Waals surface area contributed by atoms with Crippen LogP contribution in [0.15, 0.2) is 15.9 Å². The Morgan fingerprint density at radius 1 is 1.40 bits per heavy atom. The maximum Gasteiger partial charge on any atom is 0.194 e. The lowest BCUT2D eigenvalue weighted by Crippen LogP contribution is -2.38. The molecule has 2 aromatic rings. The number of hydrogen-bond donors (Lipinski definition) is 1. The fourth-order valence-corrected chi connectivity index (χ4v) is 3.16. The highest BCUT2D eigenvalue weighted by molar-refractivity contribution is 7.09. The van der Waals surface area contributed by atoms with E-state index in [4.69, 9.17) is 0 Å². The average molecular weight is 309 g/mol. The molecule has 0 aliphatic carbocycles. The van der Waals surface area contributed by atoms with E-state index >= 15 is 0 Å². The van der Waals surface area contributed by atoms with Crippen LogP contribution >= 0.6 is 22.7 Å². The number of guanidine groups is 1. The fourth-order valence-electron chi connectivity index (χ4n) is 1.84. The molecule has 2 rings (SSSR count). The van der Waals surface area contributed by atoms with Crippen molar-refractivity contribution in [1.82, 2.24) is 20.2 Å². The summed E-state index contributed by atoms with van der Waals surface area (Å²) < 4.78 is 0. The summed E-state index contributed by atoms with van der Waals surface area (Å²) in [6, 6.07) is 0. The predicted octanol–water partition coefficient (Wildman–Crippen LogP) is 2.42. The second-order valence-electron chi connectivity index (χ2n) is 4.48. The van der Waals surface area contributed by atoms with Crippen LogP contribution in [0.5, 0.6) is 0 Å². The van der Waals surface area contributed by atoms with Gasteiger partial charge in [-0.1, -0.05) is 0 Å². The Morgan fingerprint density at radius 3 is 2.75 bits per heavy atom.